The van der Waals surface area contributed by atoms with E-state index in [0.29, 0.717) is 29.7 Å². The van der Waals surface area contributed by atoms with Crippen molar-refractivity contribution in [2.75, 3.05) is 6.54 Å². The summed E-state index contributed by atoms with van der Waals surface area (Å²) in [6, 6.07) is 11.2. The van der Waals surface area contributed by atoms with Crippen LogP contribution in [0.3, 0.4) is 0 Å². The number of carbonyl (C=O) groups excluding carboxylic acids is 1. The van der Waals surface area contributed by atoms with Crippen molar-refractivity contribution in [1.82, 2.24) is 29.4 Å². The first-order chi connectivity index (χ1) is 13.3. The zero-order chi connectivity index (χ0) is 18.2. The van der Waals surface area contributed by atoms with Gasteiger partial charge in [-0.05, 0) is 18.9 Å². The van der Waals surface area contributed by atoms with E-state index in [1.54, 1.807) is 27.8 Å². The minimum Gasteiger partial charge on any atom is -0.337 e. The molecule has 8 nitrogen and oxygen atoms in total. The van der Waals surface area contributed by atoms with Gasteiger partial charge in [-0.1, -0.05) is 35.5 Å². The SMILES string of the molecule is O=C(c1cn2cccnc2n1)N1CCC[C@H]1c1nc(-c2ccccc2)no1. The quantitative estimate of drug-likeness (QED) is 0.558. The molecule has 134 valence electrons. The first-order valence-corrected chi connectivity index (χ1v) is 8.79. The fourth-order valence-corrected chi connectivity index (χ4v) is 3.42. The lowest BCUT2D eigenvalue weighted by atomic mass is 10.2. The fourth-order valence-electron chi connectivity index (χ4n) is 3.42. The molecule has 4 heterocycles. The number of likely N-dealkylation sites (tertiary alicyclic amines) is 1. The van der Waals surface area contributed by atoms with Gasteiger partial charge in [-0.3, -0.25) is 9.20 Å². The summed E-state index contributed by atoms with van der Waals surface area (Å²) in [4.78, 5) is 27.8. The van der Waals surface area contributed by atoms with Gasteiger partial charge in [0.2, 0.25) is 17.5 Å². The van der Waals surface area contributed by atoms with Crippen molar-refractivity contribution in [3.8, 4) is 11.4 Å². The maximum atomic E-state index is 13.0. The minimum absolute atomic E-state index is 0.150. The molecule has 0 spiro atoms. The number of hydrogen-bond donors (Lipinski definition) is 0. The highest BCUT2D eigenvalue weighted by molar-refractivity contribution is 5.93. The van der Waals surface area contributed by atoms with Crippen LogP contribution in [-0.4, -0.2) is 41.9 Å². The molecule has 0 saturated carbocycles. The molecule has 1 aliphatic heterocycles. The second-order valence-electron chi connectivity index (χ2n) is 6.43. The molecule has 1 saturated heterocycles. The highest BCUT2D eigenvalue weighted by atomic mass is 16.5. The lowest BCUT2D eigenvalue weighted by Gasteiger charge is -2.20. The van der Waals surface area contributed by atoms with Crippen LogP contribution in [0.2, 0.25) is 0 Å². The minimum atomic E-state index is -0.236. The van der Waals surface area contributed by atoms with Crippen molar-refractivity contribution in [3.63, 3.8) is 0 Å². The Kier molecular flexibility index (Phi) is 3.67. The van der Waals surface area contributed by atoms with Crippen LogP contribution in [0.1, 0.15) is 35.3 Å². The van der Waals surface area contributed by atoms with E-state index in [9.17, 15) is 4.79 Å². The lowest BCUT2D eigenvalue weighted by Crippen LogP contribution is -2.31. The summed E-state index contributed by atoms with van der Waals surface area (Å²) >= 11 is 0. The van der Waals surface area contributed by atoms with Crippen LogP contribution in [0.15, 0.2) is 59.5 Å². The van der Waals surface area contributed by atoms with E-state index in [2.05, 4.69) is 20.1 Å². The normalized spacial score (nSPS) is 16.9. The number of nitrogens with zero attached hydrogens (tertiary/aromatic N) is 6. The van der Waals surface area contributed by atoms with Crippen LogP contribution in [0.4, 0.5) is 0 Å². The number of benzene rings is 1. The molecule has 27 heavy (non-hydrogen) atoms. The monoisotopic (exact) mass is 360 g/mol. The maximum absolute atomic E-state index is 13.0. The fraction of sp³-hybridized carbons (Fsp3) is 0.211. The Balaban J connectivity index is 1.43. The first-order valence-electron chi connectivity index (χ1n) is 8.79. The topological polar surface area (TPSA) is 89.4 Å². The molecule has 0 unspecified atom stereocenters. The third-order valence-corrected chi connectivity index (χ3v) is 4.73. The molecule has 0 bridgehead atoms. The van der Waals surface area contributed by atoms with Gasteiger partial charge in [-0.15, -0.1) is 0 Å². The molecule has 1 fully saturated rings. The molecular formula is C19H16N6O2. The molecule has 0 radical (unpaired) electrons. The molecule has 0 aliphatic carbocycles. The predicted octanol–water partition coefficient (Wildman–Crippen LogP) is 2.76. The maximum Gasteiger partial charge on any atom is 0.274 e. The van der Waals surface area contributed by atoms with Crippen LogP contribution in [0.5, 0.6) is 0 Å². The van der Waals surface area contributed by atoms with Crippen molar-refractivity contribution in [1.29, 1.82) is 0 Å². The molecule has 1 amide bonds. The Bertz CT molecular complexity index is 1070. The van der Waals surface area contributed by atoms with Crippen molar-refractivity contribution < 1.29 is 9.32 Å². The Morgan fingerprint density at radius 3 is 2.89 bits per heavy atom. The van der Waals surface area contributed by atoms with Gasteiger partial charge in [0.25, 0.3) is 5.91 Å². The summed E-state index contributed by atoms with van der Waals surface area (Å²) < 4.78 is 7.22. The number of amides is 1. The van der Waals surface area contributed by atoms with Crippen molar-refractivity contribution in [2.24, 2.45) is 0 Å². The van der Waals surface area contributed by atoms with E-state index in [-0.39, 0.29) is 11.9 Å². The van der Waals surface area contributed by atoms with Gasteiger partial charge in [0.1, 0.15) is 11.7 Å². The Labute approximate surface area is 154 Å². The van der Waals surface area contributed by atoms with E-state index < -0.39 is 0 Å². The van der Waals surface area contributed by atoms with Gasteiger partial charge < -0.3 is 9.42 Å². The predicted molar refractivity (Wildman–Crippen MR) is 95.7 cm³/mol. The summed E-state index contributed by atoms with van der Waals surface area (Å²) in [7, 11) is 0. The average molecular weight is 360 g/mol. The first kappa shape index (κ1) is 15.7. The number of rotatable bonds is 3. The van der Waals surface area contributed by atoms with Gasteiger partial charge >= 0.3 is 0 Å². The standard InChI is InChI=1S/C19H16N6O2/c26-18(14-12-24-10-5-9-20-19(24)21-14)25-11-4-8-15(25)17-22-16(23-27-17)13-6-2-1-3-7-13/h1-3,5-7,9-10,12,15H,4,8,11H2/t15-/m0/s1. The van der Waals surface area contributed by atoms with Crippen molar-refractivity contribution in [2.45, 2.75) is 18.9 Å². The van der Waals surface area contributed by atoms with Crippen molar-refractivity contribution in [3.05, 3.63) is 66.6 Å². The van der Waals surface area contributed by atoms with Crippen LogP contribution in [0, 0.1) is 0 Å². The molecule has 1 aromatic carbocycles. The third kappa shape index (κ3) is 2.75. The lowest BCUT2D eigenvalue weighted by molar-refractivity contribution is 0.0705. The number of fused-ring (bicyclic) bond motifs is 1. The smallest absolute Gasteiger partial charge is 0.274 e. The molecule has 4 aromatic rings. The van der Waals surface area contributed by atoms with Gasteiger partial charge in [-0.25, -0.2) is 9.97 Å². The van der Waals surface area contributed by atoms with E-state index in [1.807, 2.05) is 36.5 Å². The zero-order valence-corrected chi connectivity index (χ0v) is 14.4. The van der Waals surface area contributed by atoms with Gasteiger partial charge in [0, 0.05) is 30.7 Å². The van der Waals surface area contributed by atoms with Crippen LogP contribution in [-0.2, 0) is 0 Å². The van der Waals surface area contributed by atoms with Crippen LogP contribution < -0.4 is 0 Å². The summed E-state index contributed by atoms with van der Waals surface area (Å²) in [5.41, 5.74) is 1.25. The van der Waals surface area contributed by atoms with E-state index in [0.717, 1.165) is 18.4 Å². The van der Waals surface area contributed by atoms with Gasteiger partial charge in [-0.2, -0.15) is 4.98 Å². The molecule has 0 N–H and O–H groups in total. The second-order valence-corrected chi connectivity index (χ2v) is 6.43. The largest absolute Gasteiger partial charge is 0.337 e. The number of aromatic nitrogens is 5. The third-order valence-electron chi connectivity index (χ3n) is 4.73. The Hall–Kier alpha value is -3.55. The van der Waals surface area contributed by atoms with E-state index in [4.69, 9.17) is 4.52 Å². The second kappa shape index (κ2) is 6.31. The van der Waals surface area contributed by atoms with Crippen molar-refractivity contribution >= 4 is 11.7 Å². The highest BCUT2D eigenvalue weighted by Gasteiger charge is 2.35. The molecular weight excluding hydrogens is 344 g/mol. The molecule has 1 atom stereocenters. The van der Waals surface area contributed by atoms with Gasteiger partial charge in [0.05, 0.1) is 0 Å². The molecule has 5 rings (SSSR count). The molecule has 8 heteroatoms. The summed E-state index contributed by atoms with van der Waals surface area (Å²) in [5, 5.41) is 4.08. The average Bonchev–Trinajstić information content (AvgIpc) is 3.46. The molecule has 3 aromatic heterocycles. The molecule has 1 aliphatic rings. The summed E-state index contributed by atoms with van der Waals surface area (Å²) in [6.45, 7) is 0.633. The van der Waals surface area contributed by atoms with Crippen LogP contribution in [0.25, 0.3) is 17.2 Å². The van der Waals surface area contributed by atoms with E-state index in [1.165, 1.54) is 0 Å². The van der Waals surface area contributed by atoms with Crippen LogP contribution >= 0.6 is 0 Å². The highest BCUT2D eigenvalue weighted by Crippen LogP contribution is 2.33. The Morgan fingerprint density at radius 1 is 1.15 bits per heavy atom. The van der Waals surface area contributed by atoms with Gasteiger partial charge in [0.15, 0.2) is 0 Å². The summed E-state index contributed by atoms with van der Waals surface area (Å²) in [5.74, 6) is 1.34. The number of carbonyl (C=O) groups is 1. The van der Waals surface area contributed by atoms with E-state index >= 15 is 0 Å². The zero-order valence-electron chi connectivity index (χ0n) is 14.4. The Morgan fingerprint density at radius 2 is 2.04 bits per heavy atom. The number of imidazole rings is 1. The summed E-state index contributed by atoms with van der Waals surface area (Å²) in [6.07, 6.45) is 6.83. The number of hydrogen-bond acceptors (Lipinski definition) is 6.